The molecule has 0 saturated carbocycles. The molecule has 0 unspecified atom stereocenters. The van der Waals surface area contributed by atoms with Gasteiger partial charge in [0.1, 0.15) is 11.6 Å². The molecule has 0 bridgehead atoms. The standard InChI is InChI=1S/C64H40N4/c1-3-19-43(20-4-1)67-59-33-17-15-31-57(59)65-61(67)41-35-37-47-45-23-7-9-25-49(45)63(55(47)39-41)51-27-11-13-29-53(51)64(54-30-14-12-28-52(54)63)50-26-10-8-24-46(50)48-38-36-42(40-56(48)64)62-66-58-32-16-18-34-60(58)68(62)44-21-5-2-6-22-44/h1-40H. The number of benzene rings is 10. The highest BCUT2D eigenvalue weighted by Gasteiger charge is 2.59. The van der Waals surface area contributed by atoms with Crippen LogP contribution in [0.2, 0.25) is 0 Å². The molecule has 0 amide bonds. The highest BCUT2D eigenvalue weighted by Crippen LogP contribution is 2.67. The molecule has 12 aromatic rings. The van der Waals surface area contributed by atoms with Crippen molar-refractivity contribution in [3.05, 3.63) is 287 Å². The number of hydrogen-bond donors (Lipinski definition) is 0. The molecule has 0 aliphatic heterocycles. The van der Waals surface area contributed by atoms with E-state index in [0.29, 0.717) is 0 Å². The Morgan fingerprint density at radius 3 is 1.00 bits per heavy atom. The van der Waals surface area contributed by atoms with Crippen molar-refractivity contribution < 1.29 is 0 Å². The third-order valence-corrected chi connectivity index (χ3v) is 15.2. The number of fused-ring (bicyclic) bond motifs is 18. The number of aromatic nitrogens is 4. The first-order valence-corrected chi connectivity index (χ1v) is 23.5. The average molecular weight is 865 g/mol. The average Bonchev–Trinajstić information content (AvgIpc) is 4.15. The van der Waals surface area contributed by atoms with Crippen LogP contribution in [0.4, 0.5) is 0 Å². The summed E-state index contributed by atoms with van der Waals surface area (Å²) in [5.41, 5.74) is 22.5. The summed E-state index contributed by atoms with van der Waals surface area (Å²) in [6, 6.07) is 89.4. The summed E-state index contributed by atoms with van der Waals surface area (Å²) in [4.78, 5) is 10.8. The molecule has 0 saturated heterocycles. The van der Waals surface area contributed by atoms with Crippen molar-refractivity contribution in [2.75, 3.05) is 0 Å². The van der Waals surface area contributed by atoms with Crippen molar-refractivity contribution in [3.8, 4) is 56.4 Å². The Morgan fingerprint density at radius 1 is 0.265 bits per heavy atom. The van der Waals surface area contributed by atoms with E-state index in [1.165, 1.54) is 66.8 Å². The molecular weight excluding hydrogens is 825 g/mol. The van der Waals surface area contributed by atoms with Gasteiger partial charge in [-0.15, -0.1) is 0 Å². The second-order valence-corrected chi connectivity index (χ2v) is 18.4. The smallest absolute Gasteiger partial charge is 0.145 e. The van der Waals surface area contributed by atoms with Gasteiger partial charge in [0, 0.05) is 22.5 Å². The number of imidazole rings is 2. The van der Waals surface area contributed by atoms with E-state index in [1.807, 2.05) is 0 Å². The zero-order valence-corrected chi connectivity index (χ0v) is 36.9. The SMILES string of the molecule is c1ccc(-n2c(-c3ccc4c(c3)C3(c5ccccc5-4)c4ccccc4C4(c5ccccc5-c5ccc(-c6nc7ccccc7n6-c6ccccc6)cc54)c4ccccc43)nc3ccccc32)cc1. The Bertz CT molecular complexity index is 3730. The molecular formula is C64H40N4. The fraction of sp³-hybridized carbons (Fsp3) is 0.0312. The monoisotopic (exact) mass is 864 g/mol. The second-order valence-electron chi connectivity index (χ2n) is 18.4. The lowest BCUT2D eigenvalue weighted by molar-refractivity contribution is 0.633. The van der Waals surface area contributed by atoms with E-state index in [-0.39, 0.29) is 0 Å². The molecule has 0 fully saturated rings. The number of para-hydroxylation sites is 6. The van der Waals surface area contributed by atoms with Gasteiger partial charge in [-0.1, -0.05) is 182 Å². The molecule has 0 radical (unpaired) electrons. The van der Waals surface area contributed by atoms with Gasteiger partial charge < -0.3 is 0 Å². The Labute approximate surface area is 393 Å². The fourth-order valence-electron chi connectivity index (χ4n) is 12.7. The van der Waals surface area contributed by atoms with Gasteiger partial charge in [0.25, 0.3) is 0 Å². The van der Waals surface area contributed by atoms with Gasteiger partial charge in [0.15, 0.2) is 0 Å². The Balaban J connectivity index is 1.03. The largest absolute Gasteiger partial charge is 0.292 e. The zero-order valence-electron chi connectivity index (χ0n) is 36.9. The topological polar surface area (TPSA) is 35.6 Å². The van der Waals surface area contributed by atoms with E-state index in [0.717, 1.165) is 56.2 Å². The molecule has 2 aromatic heterocycles. The maximum Gasteiger partial charge on any atom is 0.145 e. The predicted molar refractivity (Wildman–Crippen MR) is 275 cm³/mol. The molecule has 3 aliphatic rings. The van der Waals surface area contributed by atoms with E-state index in [9.17, 15) is 0 Å². The van der Waals surface area contributed by atoms with E-state index >= 15 is 0 Å². The minimum Gasteiger partial charge on any atom is -0.292 e. The zero-order chi connectivity index (χ0) is 44.6. The van der Waals surface area contributed by atoms with Crippen LogP contribution in [-0.2, 0) is 10.8 Å². The fourth-order valence-corrected chi connectivity index (χ4v) is 12.7. The lowest BCUT2D eigenvalue weighted by Gasteiger charge is -2.49. The van der Waals surface area contributed by atoms with E-state index in [4.69, 9.17) is 9.97 Å². The first kappa shape index (κ1) is 37.4. The molecule has 4 heteroatoms. The van der Waals surface area contributed by atoms with Crippen molar-refractivity contribution in [3.63, 3.8) is 0 Å². The van der Waals surface area contributed by atoms with Gasteiger partial charge in [-0.2, -0.15) is 0 Å². The predicted octanol–water partition coefficient (Wildman–Crippen LogP) is 14.7. The number of hydrogen-bond acceptors (Lipinski definition) is 2. The minimum absolute atomic E-state index is 0.638. The number of rotatable bonds is 4. The first-order valence-electron chi connectivity index (χ1n) is 23.5. The van der Waals surface area contributed by atoms with Crippen molar-refractivity contribution >= 4 is 22.1 Å². The molecule has 68 heavy (non-hydrogen) atoms. The minimum atomic E-state index is -0.638. The molecule has 10 aromatic carbocycles. The van der Waals surface area contributed by atoms with E-state index in [1.54, 1.807) is 0 Å². The molecule has 2 spiro atoms. The summed E-state index contributed by atoms with van der Waals surface area (Å²) in [5.74, 6) is 1.85. The van der Waals surface area contributed by atoms with Crippen LogP contribution in [0.15, 0.2) is 243 Å². The molecule has 3 aliphatic carbocycles. The Morgan fingerprint density at radius 2 is 0.588 bits per heavy atom. The van der Waals surface area contributed by atoms with Gasteiger partial charge in [0.2, 0.25) is 0 Å². The van der Waals surface area contributed by atoms with Crippen LogP contribution in [-0.4, -0.2) is 19.1 Å². The highest BCUT2D eigenvalue weighted by molar-refractivity contribution is 5.96. The summed E-state index contributed by atoms with van der Waals surface area (Å²) in [6.07, 6.45) is 0. The lowest BCUT2D eigenvalue weighted by Crippen LogP contribution is -2.43. The van der Waals surface area contributed by atoms with Gasteiger partial charge in [-0.3, -0.25) is 9.13 Å². The Hall–Kier alpha value is -8.86. The molecule has 4 nitrogen and oxygen atoms in total. The lowest BCUT2D eigenvalue weighted by atomic mass is 9.52. The third kappa shape index (κ3) is 4.73. The van der Waals surface area contributed by atoms with Crippen molar-refractivity contribution in [2.45, 2.75) is 10.8 Å². The van der Waals surface area contributed by atoms with Crippen molar-refractivity contribution in [1.29, 1.82) is 0 Å². The van der Waals surface area contributed by atoms with E-state index in [2.05, 4.69) is 252 Å². The summed E-state index contributed by atoms with van der Waals surface area (Å²) >= 11 is 0. The molecule has 316 valence electrons. The van der Waals surface area contributed by atoms with Crippen molar-refractivity contribution in [1.82, 2.24) is 19.1 Å². The van der Waals surface area contributed by atoms with Gasteiger partial charge in [-0.25, -0.2) is 9.97 Å². The summed E-state index contributed by atoms with van der Waals surface area (Å²) in [7, 11) is 0. The maximum absolute atomic E-state index is 5.39. The van der Waals surface area contributed by atoms with Crippen LogP contribution in [0.25, 0.3) is 78.5 Å². The normalized spacial score (nSPS) is 16.9. The molecule has 0 atom stereocenters. The van der Waals surface area contributed by atoms with Crippen LogP contribution in [0.3, 0.4) is 0 Å². The quantitative estimate of drug-likeness (QED) is 0.177. The summed E-state index contributed by atoms with van der Waals surface area (Å²) in [6.45, 7) is 0. The molecule has 2 heterocycles. The van der Waals surface area contributed by atoms with Crippen LogP contribution >= 0.6 is 0 Å². The Kier molecular flexibility index (Phi) is 7.60. The first-order chi connectivity index (χ1) is 33.7. The van der Waals surface area contributed by atoms with Gasteiger partial charge in [-0.05, 0) is 127 Å². The van der Waals surface area contributed by atoms with Crippen LogP contribution in [0.5, 0.6) is 0 Å². The molecule has 15 rings (SSSR count). The highest BCUT2D eigenvalue weighted by atomic mass is 15.1. The summed E-state index contributed by atoms with van der Waals surface area (Å²) < 4.78 is 4.64. The molecule has 0 N–H and O–H groups in total. The second kappa shape index (κ2) is 13.8. The third-order valence-electron chi connectivity index (χ3n) is 15.2. The van der Waals surface area contributed by atoms with Gasteiger partial charge >= 0.3 is 0 Å². The van der Waals surface area contributed by atoms with Crippen LogP contribution in [0, 0.1) is 0 Å². The van der Waals surface area contributed by atoms with Crippen LogP contribution in [0.1, 0.15) is 44.5 Å². The summed E-state index contributed by atoms with van der Waals surface area (Å²) in [5, 5.41) is 0. The van der Waals surface area contributed by atoms with E-state index < -0.39 is 10.8 Å². The van der Waals surface area contributed by atoms with Crippen LogP contribution < -0.4 is 0 Å². The number of nitrogens with zero attached hydrogens (tertiary/aromatic N) is 4. The van der Waals surface area contributed by atoms with Gasteiger partial charge in [0.05, 0.1) is 32.9 Å². The van der Waals surface area contributed by atoms with Crippen molar-refractivity contribution in [2.24, 2.45) is 0 Å². The maximum atomic E-state index is 5.39.